The zero-order chi connectivity index (χ0) is 18.4. The number of amides is 1. The number of nitrogens with zero attached hydrogens (tertiary/aromatic N) is 1. The number of carbonyl (C=O) groups is 1. The van der Waals surface area contributed by atoms with Crippen molar-refractivity contribution in [1.29, 1.82) is 0 Å². The van der Waals surface area contributed by atoms with Gasteiger partial charge in [-0.15, -0.1) is 0 Å². The van der Waals surface area contributed by atoms with Crippen LogP contribution in [0.4, 0.5) is 0 Å². The van der Waals surface area contributed by atoms with Gasteiger partial charge in [0.05, 0.1) is 25.5 Å². The summed E-state index contributed by atoms with van der Waals surface area (Å²) < 4.78 is 36.8. The number of ether oxygens (including phenoxy) is 2. The normalized spacial score (nSPS) is 18.6. The van der Waals surface area contributed by atoms with Gasteiger partial charge >= 0.3 is 0 Å². The zero-order valence-corrected chi connectivity index (χ0v) is 15.8. The van der Waals surface area contributed by atoms with Gasteiger partial charge in [-0.2, -0.15) is 4.31 Å². The predicted molar refractivity (Wildman–Crippen MR) is 95.7 cm³/mol. The molecule has 8 heteroatoms. The fourth-order valence-electron chi connectivity index (χ4n) is 2.98. The number of hydrogen-bond acceptors (Lipinski definition) is 5. The maximum atomic E-state index is 12.5. The number of piperidine rings is 1. The fraction of sp³-hybridized carbons (Fsp3) is 0.588. The van der Waals surface area contributed by atoms with Crippen LogP contribution in [0.3, 0.4) is 0 Å². The lowest BCUT2D eigenvalue weighted by Gasteiger charge is -2.32. The van der Waals surface area contributed by atoms with Gasteiger partial charge in [-0.05, 0) is 31.9 Å². The zero-order valence-electron chi connectivity index (χ0n) is 14.9. The molecule has 1 fully saturated rings. The lowest BCUT2D eigenvalue weighted by Crippen LogP contribution is -2.45. The molecular formula is C17H26N2O5S. The Balaban J connectivity index is 1.96. The van der Waals surface area contributed by atoms with E-state index in [1.165, 1.54) is 14.2 Å². The summed E-state index contributed by atoms with van der Waals surface area (Å²) in [5, 5.41) is 2.66. The molecule has 1 amide bonds. The summed E-state index contributed by atoms with van der Waals surface area (Å²) in [5.41, 5.74) is 0.340. The second-order valence-corrected chi connectivity index (χ2v) is 8.13. The fourth-order valence-corrected chi connectivity index (χ4v) is 4.63. The third kappa shape index (κ3) is 4.85. The van der Waals surface area contributed by atoms with Gasteiger partial charge in [0.2, 0.25) is 10.0 Å². The lowest BCUT2D eigenvalue weighted by molar-refractivity contribution is 0.0953. The minimum absolute atomic E-state index is 0.0242. The van der Waals surface area contributed by atoms with Crippen molar-refractivity contribution < 1.29 is 22.7 Å². The van der Waals surface area contributed by atoms with Crippen LogP contribution in [0.1, 0.15) is 36.5 Å². The molecule has 1 heterocycles. The Bertz CT molecular complexity index is 705. The third-order valence-electron chi connectivity index (χ3n) is 4.40. The molecular weight excluding hydrogens is 344 g/mol. The van der Waals surface area contributed by atoms with Crippen LogP contribution in [-0.2, 0) is 10.0 Å². The molecule has 0 aromatic heterocycles. The topological polar surface area (TPSA) is 84.9 Å². The average Bonchev–Trinajstić information content (AvgIpc) is 2.61. The van der Waals surface area contributed by atoms with Crippen LogP contribution in [0.2, 0.25) is 0 Å². The van der Waals surface area contributed by atoms with Gasteiger partial charge in [0.1, 0.15) is 11.5 Å². The first-order valence-corrected chi connectivity index (χ1v) is 9.99. The standard InChI is InChI=1S/C17H26N2O5S/c1-13-6-4-5-10-19(13)25(21,22)11-9-18-17(20)15-8-7-14(23-2)12-16(15)24-3/h7-8,12-13H,4-6,9-11H2,1-3H3,(H,18,20)/t13-/m0/s1. The van der Waals surface area contributed by atoms with Crippen LogP contribution in [0.25, 0.3) is 0 Å². The third-order valence-corrected chi connectivity index (χ3v) is 6.38. The first-order valence-electron chi connectivity index (χ1n) is 8.39. The van der Waals surface area contributed by atoms with Crippen molar-refractivity contribution in [3.05, 3.63) is 23.8 Å². The quantitative estimate of drug-likeness (QED) is 0.789. The van der Waals surface area contributed by atoms with Gasteiger partial charge < -0.3 is 14.8 Å². The molecule has 0 unspecified atom stereocenters. The van der Waals surface area contributed by atoms with Crippen LogP contribution in [0.5, 0.6) is 11.5 Å². The van der Waals surface area contributed by atoms with E-state index in [4.69, 9.17) is 9.47 Å². The molecule has 0 spiro atoms. The maximum Gasteiger partial charge on any atom is 0.255 e. The van der Waals surface area contributed by atoms with Crippen LogP contribution >= 0.6 is 0 Å². The van der Waals surface area contributed by atoms with Crippen LogP contribution in [0.15, 0.2) is 18.2 Å². The number of rotatable bonds is 7. The van der Waals surface area contributed by atoms with Crippen molar-refractivity contribution in [2.45, 2.75) is 32.2 Å². The van der Waals surface area contributed by atoms with Crippen LogP contribution < -0.4 is 14.8 Å². The summed E-state index contributed by atoms with van der Waals surface area (Å²) in [6.45, 7) is 2.54. The highest BCUT2D eigenvalue weighted by Gasteiger charge is 2.29. The molecule has 1 aromatic carbocycles. The van der Waals surface area contributed by atoms with Gasteiger partial charge in [-0.25, -0.2) is 8.42 Å². The van der Waals surface area contributed by atoms with Crippen molar-refractivity contribution in [1.82, 2.24) is 9.62 Å². The van der Waals surface area contributed by atoms with E-state index in [1.807, 2.05) is 6.92 Å². The largest absolute Gasteiger partial charge is 0.497 e. The van der Waals surface area contributed by atoms with Gasteiger partial charge in [-0.1, -0.05) is 6.42 Å². The predicted octanol–water partition coefficient (Wildman–Crippen LogP) is 1.64. The summed E-state index contributed by atoms with van der Waals surface area (Å²) in [4.78, 5) is 12.3. The molecule has 0 bridgehead atoms. The highest BCUT2D eigenvalue weighted by molar-refractivity contribution is 7.89. The van der Waals surface area contributed by atoms with Crippen molar-refractivity contribution in [3.63, 3.8) is 0 Å². The summed E-state index contributed by atoms with van der Waals surface area (Å²) in [6.07, 6.45) is 2.83. The summed E-state index contributed by atoms with van der Waals surface area (Å²) in [7, 11) is -0.375. The molecule has 1 aromatic rings. The smallest absolute Gasteiger partial charge is 0.255 e. The van der Waals surface area contributed by atoms with E-state index in [1.54, 1.807) is 22.5 Å². The number of nitrogens with one attached hydrogen (secondary N) is 1. The molecule has 0 aliphatic carbocycles. The second kappa shape index (κ2) is 8.53. The van der Waals surface area contributed by atoms with E-state index in [0.29, 0.717) is 23.6 Å². The molecule has 1 aliphatic rings. The minimum Gasteiger partial charge on any atom is -0.497 e. The Hall–Kier alpha value is -1.80. The Morgan fingerprint density at radius 2 is 2.04 bits per heavy atom. The van der Waals surface area contributed by atoms with Crippen molar-refractivity contribution in [2.75, 3.05) is 33.1 Å². The molecule has 2 rings (SSSR count). The monoisotopic (exact) mass is 370 g/mol. The summed E-state index contributed by atoms with van der Waals surface area (Å²) >= 11 is 0. The average molecular weight is 370 g/mol. The Morgan fingerprint density at radius 1 is 1.28 bits per heavy atom. The van der Waals surface area contributed by atoms with Crippen molar-refractivity contribution in [3.8, 4) is 11.5 Å². The van der Waals surface area contributed by atoms with E-state index >= 15 is 0 Å². The maximum absolute atomic E-state index is 12.5. The molecule has 1 atom stereocenters. The number of sulfonamides is 1. The Labute approximate surface area is 149 Å². The Kier molecular flexibility index (Phi) is 6.66. The first kappa shape index (κ1) is 19.5. The van der Waals surface area contributed by atoms with Gasteiger partial charge in [0.25, 0.3) is 5.91 Å². The minimum atomic E-state index is -3.37. The van der Waals surface area contributed by atoms with E-state index in [0.717, 1.165) is 19.3 Å². The molecule has 0 radical (unpaired) electrons. The second-order valence-electron chi connectivity index (χ2n) is 6.09. The molecule has 1 aliphatic heterocycles. The summed E-state index contributed by atoms with van der Waals surface area (Å²) in [5.74, 6) is 0.475. The molecule has 0 saturated carbocycles. The van der Waals surface area contributed by atoms with Crippen LogP contribution in [-0.4, -0.2) is 57.7 Å². The SMILES string of the molecule is COc1ccc(C(=O)NCCS(=O)(=O)N2CCCC[C@@H]2C)c(OC)c1. The number of methoxy groups -OCH3 is 2. The first-order chi connectivity index (χ1) is 11.9. The van der Waals surface area contributed by atoms with Gasteiger partial charge in [0.15, 0.2) is 0 Å². The van der Waals surface area contributed by atoms with E-state index < -0.39 is 10.0 Å². The molecule has 1 N–H and O–H groups in total. The van der Waals surface area contributed by atoms with Gasteiger partial charge in [0, 0.05) is 25.2 Å². The van der Waals surface area contributed by atoms with Gasteiger partial charge in [-0.3, -0.25) is 4.79 Å². The number of carbonyl (C=O) groups excluding carboxylic acids is 1. The molecule has 140 valence electrons. The highest BCUT2D eigenvalue weighted by Crippen LogP contribution is 2.24. The van der Waals surface area contributed by atoms with E-state index in [-0.39, 0.29) is 24.2 Å². The molecule has 25 heavy (non-hydrogen) atoms. The number of hydrogen-bond donors (Lipinski definition) is 1. The number of benzene rings is 1. The van der Waals surface area contributed by atoms with Crippen LogP contribution in [0, 0.1) is 0 Å². The summed E-state index contributed by atoms with van der Waals surface area (Å²) in [6, 6.07) is 4.88. The van der Waals surface area contributed by atoms with E-state index in [9.17, 15) is 13.2 Å². The Morgan fingerprint density at radius 3 is 2.68 bits per heavy atom. The van der Waals surface area contributed by atoms with Crippen molar-refractivity contribution in [2.24, 2.45) is 0 Å². The van der Waals surface area contributed by atoms with E-state index in [2.05, 4.69) is 5.32 Å². The van der Waals surface area contributed by atoms with Crippen molar-refractivity contribution >= 4 is 15.9 Å². The highest BCUT2D eigenvalue weighted by atomic mass is 32.2. The lowest BCUT2D eigenvalue weighted by atomic mass is 10.1. The molecule has 1 saturated heterocycles. The molecule has 7 nitrogen and oxygen atoms in total.